The molecule has 1 N–H and O–H groups in total. The van der Waals surface area contributed by atoms with Gasteiger partial charge < -0.3 is 5.32 Å². The first-order valence-corrected chi connectivity index (χ1v) is 6.01. The molecule has 1 aromatic rings. The second-order valence-electron chi connectivity index (χ2n) is 3.57. The molecular formula is C11H13FIN. The largest absolute Gasteiger partial charge is 0.312 e. The third kappa shape index (κ3) is 1.67. The van der Waals surface area contributed by atoms with Gasteiger partial charge in [-0.2, -0.15) is 0 Å². The third-order valence-electron chi connectivity index (χ3n) is 2.73. The highest BCUT2D eigenvalue weighted by molar-refractivity contribution is 14.1. The third-order valence-corrected chi connectivity index (χ3v) is 3.70. The second kappa shape index (κ2) is 4.14. The van der Waals surface area contributed by atoms with Gasteiger partial charge in [0.2, 0.25) is 0 Å². The molecule has 0 atom stereocenters. The minimum absolute atomic E-state index is 0.0319. The van der Waals surface area contributed by atoms with Gasteiger partial charge in [-0.05, 0) is 64.7 Å². The summed E-state index contributed by atoms with van der Waals surface area (Å²) in [5, 5.41) is 3.27. The van der Waals surface area contributed by atoms with Crippen molar-refractivity contribution in [2.45, 2.75) is 26.3 Å². The van der Waals surface area contributed by atoms with E-state index >= 15 is 0 Å². The Balaban J connectivity index is 2.58. The molecule has 0 unspecified atom stereocenters. The van der Waals surface area contributed by atoms with Crippen LogP contribution in [0.2, 0.25) is 0 Å². The van der Waals surface area contributed by atoms with Crippen molar-refractivity contribution in [3.05, 3.63) is 32.1 Å². The molecule has 3 heteroatoms. The molecule has 0 amide bonds. The van der Waals surface area contributed by atoms with Gasteiger partial charge in [0.1, 0.15) is 5.82 Å². The van der Waals surface area contributed by atoms with Gasteiger partial charge in [0.15, 0.2) is 0 Å². The number of rotatable bonds is 1. The van der Waals surface area contributed by atoms with Crippen molar-refractivity contribution < 1.29 is 4.39 Å². The van der Waals surface area contributed by atoms with Crippen LogP contribution in [0.1, 0.15) is 23.6 Å². The average molecular weight is 305 g/mol. The fraction of sp³-hybridized carbons (Fsp3) is 0.455. The zero-order valence-corrected chi connectivity index (χ0v) is 10.3. The lowest BCUT2D eigenvalue weighted by Gasteiger charge is -2.20. The van der Waals surface area contributed by atoms with Gasteiger partial charge in [-0.25, -0.2) is 4.39 Å². The molecule has 0 fully saturated rings. The van der Waals surface area contributed by atoms with Crippen LogP contribution in [0.15, 0.2) is 6.07 Å². The Morgan fingerprint density at radius 3 is 3.00 bits per heavy atom. The van der Waals surface area contributed by atoms with Crippen molar-refractivity contribution in [1.82, 2.24) is 5.32 Å². The highest BCUT2D eigenvalue weighted by atomic mass is 127. The van der Waals surface area contributed by atoms with Crippen molar-refractivity contribution >= 4 is 22.6 Å². The van der Waals surface area contributed by atoms with E-state index in [0.717, 1.165) is 42.6 Å². The van der Waals surface area contributed by atoms with Crippen molar-refractivity contribution in [2.24, 2.45) is 0 Å². The van der Waals surface area contributed by atoms with Crippen LogP contribution in [0.5, 0.6) is 0 Å². The summed E-state index contributed by atoms with van der Waals surface area (Å²) in [5.41, 5.74) is 2.95. The monoisotopic (exact) mass is 305 g/mol. The Labute approximate surface area is 97.2 Å². The smallest absolute Gasteiger partial charge is 0.130 e. The van der Waals surface area contributed by atoms with Gasteiger partial charge in [-0.15, -0.1) is 0 Å². The first-order chi connectivity index (χ1) is 6.74. The number of hydrogen-bond acceptors (Lipinski definition) is 1. The number of nitrogens with one attached hydrogen (secondary N) is 1. The second-order valence-corrected chi connectivity index (χ2v) is 4.73. The predicted octanol–water partition coefficient (Wildman–Crippen LogP) is 2.64. The Morgan fingerprint density at radius 1 is 1.50 bits per heavy atom. The lowest BCUT2D eigenvalue weighted by atomic mass is 9.96. The van der Waals surface area contributed by atoms with E-state index in [1.165, 1.54) is 3.57 Å². The molecule has 76 valence electrons. The standard InChI is InChI=1S/C11H13FIN/c1-2-7-5-10(13)9-6-14-4-3-8(9)11(7)12/h5,14H,2-4,6H2,1H3. The number of aryl methyl sites for hydroxylation is 1. The first kappa shape index (κ1) is 10.4. The molecule has 0 spiro atoms. The molecule has 14 heavy (non-hydrogen) atoms. The highest BCUT2D eigenvalue weighted by Crippen LogP contribution is 2.26. The van der Waals surface area contributed by atoms with Gasteiger partial charge in [-0.3, -0.25) is 0 Å². The molecule has 0 saturated heterocycles. The SMILES string of the molecule is CCc1cc(I)c2c(c1F)CCNC2. The van der Waals surface area contributed by atoms with Crippen molar-refractivity contribution in [3.8, 4) is 0 Å². The van der Waals surface area contributed by atoms with E-state index in [1.807, 2.05) is 13.0 Å². The van der Waals surface area contributed by atoms with Crippen LogP contribution in [-0.4, -0.2) is 6.54 Å². The van der Waals surface area contributed by atoms with Crippen molar-refractivity contribution in [1.29, 1.82) is 0 Å². The minimum Gasteiger partial charge on any atom is -0.312 e. The molecule has 1 heterocycles. The topological polar surface area (TPSA) is 12.0 Å². The molecule has 0 aromatic heterocycles. The number of benzene rings is 1. The van der Waals surface area contributed by atoms with E-state index in [9.17, 15) is 4.39 Å². The van der Waals surface area contributed by atoms with Gasteiger partial charge >= 0.3 is 0 Å². The Kier molecular flexibility index (Phi) is 3.07. The number of halogens is 2. The van der Waals surface area contributed by atoms with E-state index in [1.54, 1.807) is 0 Å². The molecule has 2 rings (SSSR count). The van der Waals surface area contributed by atoms with E-state index in [4.69, 9.17) is 0 Å². The summed E-state index contributed by atoms with van der Waals surface area (Å²) in [6, 6.07) is 1.97. The van der Waals surface area contributed by atoms with Crippen molar-refractivity contribution in [2.75, 3.05) is 6.54 Å². The van der Waals surface area contributed by atoms with Gasteiger partial charge in [0.05, 0.1) is 0 Å². The zero-order chi connectivity index (χ0) is 10.1. The molecule has 1 nitrogen and oxygen atoms in total. The summed E-state index contributed by atoms with van der Waals surface area (Å²) in [5.74, 6) is 0.0319. The molecule has 1 aliphatic heterocycles. The van der Waals surface area contributed by atoms with Crippen LogP contribution in [0.4, 0.5) is 4.39 Å². The zero-order valence-electron chi connectivity index (χ0n) is 8.16. The lowest BCUT2D eigenvalue weighted by molar-refractivity contribution is 0.557. The van der Waals surface area contributed by atoms with Crippen LogP contribution in [-0.2, 0) is 19.4 Å². The summed E-state index contributed by atoms with van der Waals surface area (Å²) >= 11 is 2.30. The fourth-order valence-electron chi connectivity index (χ4n) is 1.91. The summed E-state index contributed by atoms with van der Waals surface area (Å²) < 4.78 is 15.1. The van der Waals surface area contributed by atoms with Crippen LogP contribution in [0.25, 0.3) is 0 Å². The lowest BCUT2D eigenvalue weighted by Crippen LogP contribution is -2.26. The molecule has 0 bridgehead atoms. The average Bonchev–Trinajstić information content (AvgIpc) is 2.23. The van der Waals surface area contributed by atoms with E-state index in [-0.39, 0.29) is 5.82 Å². The predicted molar refractivity (Wildman–Crippen MR) is 63.9 cm³/mol. The van der Waals surface area contributed by atoms with Gasteiger partial charge in [0, 0.05) is 10.1 Å². The maximum absolute atomic E-state index is 13.9. The Morgan fingerprint density at radius 2 is 2.29 bits per heavy atom. The minimum atomic E-state index is 0.0319. The van der Waals surface area contributed by atoms with Crippen LogP contribution in [0.3, 0.4) is 0 Å². The van der Waals surface area contributed by atoms with E-state index < -0.39 is 0 Å². The molecule has 0 aliphatic carbocycles. The molecule has 1 aromatic carbocycles. The summed E-state index contributed by atoms with van der Waals surface area (Å²) in [6.45, 7) is 3.71. The Bertz CT molecular complexity index is 363. The first-order valence-electron chi connectivity index (χ1n) is 4.93. The molecule has 1 aliphatic rings. The maximum atomic E-state index is 13.9. The van der Waals surface area contributed by atoms with Gasteiger partial charge in [-0.1, -0.05) is 6.92 Å². The van der Waals surface area contributed by atoms with Crippen molar-refractivity contribution in [3.63, 3.8) is 0 Å². The van der Waals surface area contributed by atoms with Crippen LogP contribution < -0.4 is 5.32 Å². The number of hydrogen-bond donors (Lipinski definition) is 1. The molecule has 0 saturated carbocycles. The summed E-state index contributed by atoms with van der Waals surface area (Å²) in [4.78, 5) is 0. The van der Waals surface area contributed by atoms with E-state index in [2.05, 4.69) is 27.9 Å². The van der Waals surface area contributed by atoms with Crippen LogP contribution in [0, 0.1) is 9.39 Å². The number of fused-ring (bicyclic) bond motifs is 1. The normalized spacial score (nSPS) is 15.4. The fourth-order valence-corrected chi connectivity index (χ4v) is 2.80. The quantitative estimate of drug-likeness (QED) is 0.787. The summed E-state index contributed by atoms with van der Waals surface area (Å²) in [6.07, 6.45) is 1.60. The maximum Gasteiger partial charge on any atom is 0.130 e. The van der Waals surface area contributed by atoms with Crippen LogP contribution >= 0.6 is 22.6 Å². The summed E-state index contributed by atoms with van der Waals surface area (Å²) in [7, 11) is 0. The van der Waals surface area contributed by atoms with Gasteiger partial charge in [0.25, 0.3) is 0 Å². The highest BCUT2D eigenvalue weighted by Gasteiger charge is 2.18. The molecular weight excluding hydrogens is 292 g/mol. The molecule has 0 radical (unpaired) electrons. The Hall–Kier alpha value is -0.160. The van der Waals surface area contributed by atoms with E-state index in [0.29, 0.717) is 0 Å².